The van der Waals surface area contributed by atoms with E-state index in [2.05, 4.69) is 31.8 Å². The highest BCUT2D eigenvalue weighted by Gasteiger charge is 2.12. The van der Waals surface area contributed by atoms with Crippen molar-refractivity contribution < 1.29 is 13.9 Å². The molecule has 0 spiro atoms. The third-order valence-electron chi connectivity index (χ3n) is 3.32. The molecule has 0 saturated carbocycles. The molecule has 0 heterocycles. The second-order valence-electron chi connectivity index (χ2n) is 5.41. The van der Waals surface area contributed by atoms with Gasteiger partial charge in [-0.25, -0.2) is 4.39 Å². The van der Waals surface area contributed by atoms with Gasteiger partial charge in [0.1, 0.15) is 12.4 Å². The number of hydrogen-bond acceptors (Lipinski definition) is 4. The first-order chi connectivity index (χ1) is 13.0. The Hall–Kier alpha value is -2.19. The summed E-state index contributed by atoms with van der Waals surface area (Å²) in [7, 11) is 0. The van der Waals surface area contributed by atoms with Gasteiger partial charge in [0.25, 0.3) is 0 Å². The van der Waals surface area contributed by atoms with Crippen LogP contribution in [0.25, 0.3) is 0 Å². The molecule has 2 N–H and O–H groups in total. The van der Waals surface area contributed by atoms with Crippen molar-refractivity contribution in [3.63, 3.8) is 0 Å². The fourth-order valence-corrected chi connectivity index (χ4v) is 2.98. The van der Waals surface area contributed by atoms with Gasteiger partial charge in [0.15, 0.2) is 16.6 Å². The Morgan fingerprint density at radius 3 is 2.78 bits per heavy atom. The summed E-state index contributed by atoms with van der Waals surface area (Å²) in [6, 6.07) is 9.96. The van der Waals surface area contributed by atoms with E-state index in [1.807, 2.05) is 26.0 Å². The summed E-state index contributed by atoms with van der Waals surface area (Å²) >= 11 is 8.56. The molecule has 0 aliphatic heterocycles. The van der Waals surface area contributed by atoms with Crippen molar-refractivity contribution in [2.24, 2.45) is 5.10 Å². The summed E-state index contributed by atoms with van der Waals surface area (Å²) < 4.78 is 25.6. The molecule has 5 nitrogen and oxygen atoms in total. The SMILES string of the molecule is CCNC(=S)N/N=C\c1cc(Br)c(OCc2cccc(F)c2)c(OCC)c1. The van der Waals surface area contributed by atoms with E-state index in [4.69, 9.17) is 21.7 Å². The van der Waals surface area contributed by atoms with Crippen LogP contribution in [0.2, 0.25) is 0 Å². The van der Waals surface area contributed by atoms with Gasteiger partial charge in [-0.05, 0) is 77.4 Å². The zero-order valence-electron chi connectivity index (χ0n) is 15.1. The van der Waals surface area contributed by atoms with Gasteiger partial charge in [0.05, 0.1) is 17.3 Å². The molecule has 8 heteroatoms. The minimum Gasteiger partial charge on any atom is -0.490 e. The van der Waals surface area contributed by atoms with Gasteiger partial charge in [-0.3, -0.25) is 5.43 Å². The minimum atomic E-state index is -0.297. The van der Waals surface area contributed by atoms with Crippen LogP contribution in [-0.4, -0.2) is 24.5 Å². The number of rotatable bonds is 8. The summed E-state index contributed by atoms with van der Waals surface area (Å²) in [5.74, 6) is 0.822. The van der Waals surface area contributed by atoms with E-state index < -0.39 is 0 Å². The van der Waals surface area contributed by atoms with Crippen molar-refractivity contribution in [3.05, 3.63) is 57.8 Å². The Kier molecular flexibility index (Phi) is 8.47. The normalized spacial score (nSPS) is 10.7. The van der Waals surface area contributed by atoms with Gasteiger partial charge in [0, 0.05) is 6.54 Å². The Morgan fingerprint density at radius 2 is 2.07 bits per heavy atom. The lowest BCUT2D eigenvalue weighted by Crippen LogP contribution is -2.31. The fraction of sp³-hybridized carbons (Fsp3) is 0.263. The van der Waals surface area contributed by atoms with Crippen LogP contribution in [0.15, 0.2) is 46.0 Å². The summed E-state index contributed by atoms with van der Waals surface area (Å²) in [5, 5.41) is 7.50. The molecule has 0 amide bonds. The first kappa shape index (κ1) is 21.1. The first-order valence-corrected chi connectivity index (χ1v) is 9.64. The molecule has 0 fully saturated rings. The maximum absolute atomic E-state index is 13.3. The van der Waals surface area contributed by atoms with E-state index in [0.717, 1.165) is 17.7 Å². The maximum Gasteiger partial charge on any atom is 0.186 e. The van der Waals surface area contributed by atoms with E-state index in [1.165, 1.54) is 12.1 Å². The third kappa shape index (κ3) is 6.80. The van der Waals surface area contributed by atoms with Gasteiger partial charge < -0.3 is 14.8 Å². The van der Waals surface area contributed by atoms with Crippen molar-refractivity contribution in [3.8, 4) is 11.5 Å². The van der Waals surface area contributed by atoms with Crippen LogP contribution in [0, 0.1) is 5.82 Å². The number of thiocarbonyl (C=S) groups is 1. The van der Waals surface area contributed by atoms with Crippen LogP contribution in [0.5, 0.6) is 11.5 Å². The van der Waals surface area contributed by atoms with Crippen LogP contribution in [-0.2, 0) is 6.61 Å². The average Bonchev–Trinajstić information content (AvgIpc) is 2.61. The van der Waals surface area contributed by atoms with Gasteiger partial charge >= 0.3 is 0 Å². The smallest absolute Gasteiger partial charge is 0.186 e. The summed E-state index contributed by atoms with van der Waals surface area (Å²) in [4.78, 5) is 0. The Morgan fingerprint density at radius 1 is 1.26 bits per heavy atom. The van der Waals surface area contributed by atoms with Crippen LogP contribution in [0.4, 0.5) is 4.39 Å². The number of ether oxygens (including phenoxy) is 2. The van der Waals surface area contributed by atoms with Crippen LogP contribution < -0.4 is 20.2 Å². The number of nitrogens with zero attached hydrogens (tertiary/aromatic N) is 1. The number of halogens is 2. The van der Waals surface area contributed by atoms with E-state index in [9.17, 15) is 4.39 Å². The van der Waals surface area contributed by atoms with E-state index in [-0.39, 0.29) is 12.4 Å². The third-order valence-corrected chi connectivity index (χ3v) is 4.15. The highest BCUT2D eigenvalue weighted by molar-refractivity contribution is 9.10. The van der Waals surface area contributed by atoms with Gasteiger partial charge in [-0.15, -0.1) is 0 Å². The monoisotopic (exact) mass is 453 g/mol. The fourth-order valence-electron chi connectivity index (χ4n) is 2.21. The molecule has 0 radical (unpaired) electrons. The van der Waals surface area contributed by atoms with Crippen LogP contribution >= 0.6 is 28.1 Å². The Labute approximate surface area is 172 Å². The highest BCUT2D eigenvalue weighted by Crippen LogP contribution is 2.37. The number of nitrogens with one attached hydrogen (secondary N) is 2. The minimum absolute atomic E-state index is 0.225. The summed E-state index contributed by atoms with van der Waals surface area (Å²) in [6.45, 7) is 5.26. The zero-order valence-corrected chi connectivity index (χ0v) is 17.5. The van der Waals surface area contributed by atoms with E-state index in [0.29, 0.717) is 27.7 Å². The lowest BCUT2D eigenvalue weighted by molar-refractivity contribution is 0.267. The molecular formula is C19H21BrFN3O2S. The van der Waals surface area contributed by atoms with Crippen molar-refractivity contribution in [1.29, 1.82) is 0 Å². The molecule has 27 heavy (non-hydrogen) atoms. The molecular weight excluding hydrogens is 433 g/mol. The Balaban J connectivity index is 2.15. The molecule has 2 aromatic carbocycles. The predicted octanol–water partition coefficient (Wildman–Crippen LogP) is 4.38. The lowest BCUT2D eigenvalue weighted by Gasteiger charge is -2.14. The maximum atomic E-state index is 13.3. The second-order valence-corrected chi connectivity index (χ2v) is 6.67. The average molecular weight is 454 g/mol. The summed E-state index contributed by atoms with van der Waals surface area (Å²) in [6.07, 6.45) is 1.63. The topological polar surface area (TPSA) is 54.9 Å². The molecule has 0 aromatic heterocycles. The van der Waals surface area contributed by atoms with Crippen molar-refractivity contribution >= 4 is 39.5 Å². The van der Waals surface area contributed by atoms with Crippen molar-refractivity contribution in [2.45, 2.75) is 20.5 Å². The lowest BCUT2D eigenvalue weighted by atomic mass is 10.2. The standard InChI is InChI=1S/C19H21BrFN3O2S/c1-3-22-19(27)24-23-11-14-9-16(20)18(17(10-14)25-4-2)26-12-13-6-5-7-15(21)8-13/h5-11H,3-4,12H2,1-2H3,(H2,22,24,27)/b23-11-. The van der Waals surface area contributed by atoms with Crippen molar-refractivity contribution in [1.82, 2.24) is 10.7 Å². The molecule has 0 atom stereocenters. The largest absolute Gasteiger partial charge is 0.490 e. The molecule has 0 aliphatic rings. The quantitative estimate of drug-likeness (QED) is 0.352. The van der Waals surface area contributed by atoms with Crippen LogP contribution in [0.1, 0.15) is 25.0 Å². The highest BCUT2D eigenvalue weighted by atomic mass is 79.9. The van der Waals surface area contributed by atoms with E-state index >= 15 is 0 Å². The second kappa shape index (κ2) is 10.8. The molecule has 0 unspecified atom stereocenters. The van der Waals surface area contributed by atoms with E-state index in [1.54, 1.807) is 18.3 Å². The van der Waals surface area contributed by atoms with Crippen LogP contribution in [0.3, 0.4) is 0 Å². The first-order valence-electron chi connectivity index (χ1n) is 8.44. The molecule has 0 aliphatic carbocycles. The van der Waals surface area contributed by atoms with Gasteiger partial charge in [0.2, 0.25) is 0 Å². The van der Waals surface area contributed by atoms with Crippen molar-refractivity contribution in [2.75, 3.05) is 13.2 Å². The number of hydrogen-bond donors (Lipinski definition) is 2. The predicted molar refractivity (Wildman–Crippen MR) is 113 cm³/mol. The molecule has 0 saturated heterocycles. The zero-order chi connectivity index (χ0) is 19.6. The molecule has 2 rings (SSSR count). The Bertz CT molecular complexity index is 818. The number of benzene rings is 2. The van der Waals surface area contributed by atoms with Gasteiger partial charge in [-0.1, -0.05) is 12.1 Å². The molecule has 144 valence electrons. The summed E-state index contributed by atoms with van der Waals surface area (Å²) in [5.41, 5.74) is 4.27. The number of hydrazone groups is 1. The molecule has 0 bridgehead atoms. The van der Waals surface area contributed by atoms with Gasteiger partial charge in [-0.2, -0.15) is 5.10 Å². The molecule has 2 aromatic rings.